The van der Waals surface area contributed by atoms with Crippen molar-refractivity contribution in [3.63, 3.8) is 0 Å². The Morgan fingerprint density at radius 3 is 2.74 bits per heavy atom. The molecule has 1 fully saturated rings. The van der Waals surface area contributed by atoms with Crippen LogP contribution in [0.1, 0.15) is 57.0 Å². The van der Waals surface area contributed by atoms with Gasteiger partial charge in [-0.2, -0.15) is 0 Å². The number of benzene rings is 2. The Morgan fingerprint density at radius 1 is 1.15 bits per heavy atom. The molecule has 0 spiro atoms. The van der Waals surface area contributed by atoms with Crippen molar-refractivity contribution in [3.05, 3.63) is 64.4 Å². The van der Waals surface area contributed by atoms with Crippen molar-refractivity contribution in [2.75, 3.05) is 6.54 Å². The van der Waals surface area contributed by atoms with Gasteiger partial charge in [-0.15, -0.1) is 0 Å². The van der Waals surface area contributed by atoms with Crippen LogP contribution in [0.25, 0.3) is 11.0 Å². The largest absolute Gasteiger partial charge is 0.320 e. The van der Waals surface area contributed by atoms with E-state index in [0.29, 0.717) is 6.04 Å². The fraction of sp³-hybridized carbons (Fsp3) is 0.435. The van der Waals surface area contributed by atoms with Crippen molar-refractivity contribution in [2.24, 2.45) is 0 Å². The Labute approximate surface area is 170 Å². The summed E-state index contributed by atoms with van der Waals surface area (Å²) in [5.74, 6) is 1.18. The summed E-state index contributed by atoms with van der Waals surface area (Å²) in [7, 11) is 0. The molecule has 0 bridgehead atoms. The molecule has 27 heavy (non-hydrogen) atoms. The first-order valence-electron chi connectivity index (χ1n) is 10.1. The predicted molar refractivity (Wildman–Crippen MR) is 116 cm³/mol. The van der Waals surface area contributed by atoms with Crippen molar-refractivity contribution >= 4 is 27.0 Å². The smallest absolute Gasteiger partial charge is 0.124 e. The zero-order valence-electron chi connectivity index (χ0n) is 16.2. The van der Waals surface area contributed by atoms with Crippen LogP contribution < -0.4 is 0 Å². The number of rotatable bonds is 5. The zero-order chi connectivity index (χ0) is 18.8. The van der Waals surface area contributed by atoms with Gasteiger partial charge in [-0.05, 0) is 56.5 Å². The summed E-state index contributed by atoms with van der Waals surface area (Å²) < 4.78 is 3.55. The molecule has 0 aliphatic carbocycles. The minimum atomic E-state index is 0.255. The highest BCUT2D eigenvalue weighted by molar-refractivity contribution is 9.10. The molecule has 2 atom stereocenters. The number of likely N-dealkylation sites (tertiary alicyclic amines) is 1. The number of halogens is 1. The van der Waals surface area contributed by atoms with Crippen molar-refractivity contribution < 1.29 is 0 Å². The summed E-state index contributed by atoms with van der Waals surface area (Å²) in [5, 5.41) is 0. The van der Waals surface area contributed by atoms with E-state index in [1.807, 2.05) is 0 Å². The predicted octanol–water partition coefficient (Wildman–Crippen LogP) is 6.17. The maximum atomic E-state index is 5.06. The third kappa shape index (κ3) is 3.83. The van der Waals surface area contributed by atoms with Crippen LogP contribution in [-0.4, -0.2) is 27.0 Å². The fourth-order valence-corrected chi connectivity index (χ4v) is 4.80. The summed E-state index contributed by atoms with van der Waals surface area (Å²) in [5.41, 5.74) is 3.62. The quantitative estimate of drug-likeness (QED) is 0.486. The molecular weight excluding hydrogens is 398 g/mol. The summed E-state index contributed by atoms with van der Waals surface area (Å²) in [6.45, 7) is 6.72. The van der Waals surface area contributed by atoms with E-state index in [1.54, 1.807) is 0 Å². The van der Waals surface area contributed by atoms with E-state index in [-0.39, 0.29) is 6.04 Å². The van der Waals surface area contributed by atoms with Gasteiger partial charge in [-0.3, -0.25) is 4.90 Å². The molecule has 4 rings (SSSR count). The Kier molecular flexibility index (Phi) is 5.65. The second kappa shape index (κ2) is 8.15. The van der Waals surface area contributed by atoms with Gasteiger partial charge in [0, 0.05) is 10.5 Å². The normalized spacial score (nSPS) is 19.4. The maximum Gasteiger partial charge on any atom is 0.124 e. The van der Waals surface area contributed by atoms with Gasteiger partial charge >= 0.3 is 0 Å². The molecule has 2 heterocycles. The van der Waals surface area contributed by atoms with Gasteiger partial charge in [0.2, 0.25) is 0 Å². The van der Waals surface area contributed by atoms with Crippen LogP contribution in [0, 0.1) is 0 Å². The highest BCUT2D eigenvalue weighted by Gasteiger charge is 2.25. The molecule has 3 aromatic rings. The molecule has 2 unspecified atom stereocenters. The molecule has 1 saturated heterocycles. The van der Waals surface area contributed by atoms with E-state index < -0.39 is 0 Å². The Bertz CT molecular complexity index is 903. The second-order valence-corrected chi connectivity index (χ2v) is 8.56. The molecule has 0 saturated carbocycles. The Hall–Kier alpha value is -1.65. The number of hydrogen-bond donors (Lipinski definition) is 0. The summed E-state index contributed by atoms with van der Waals surface area (Å²) in [6.07, 6.45) is 5.20. The number of nitrogens with zero attached hydrogens (tertiary/aromatic N) is 3. The molecule has 2 aromatic carbocycles. The van der Waals surface area contributed by atoms with Crippen LogP contribution in [0.15, 0.2) is 53.0 Å². The first-order chi connectivity index (χ1) is 13.2. The lowest BCUT2D eigenvalue weighted by molar-refractivity contribution is 0.131. The summed E-state index contributed by atoms with van der Waals surface area (Å²) >= 11 is 3.65. The Morgan fingerprint density at radius 2 is 1.96 bits per heavy atom. The monoisotopic (exact) mass is 425 g/mol. The standard InChI is InChI=1S/C23H28BrN3/c1-3-20-11-7-8-14-26(20)16-23-25-21-13-12-19(24)15-22(21)27(23)17(2)18-9-5-4-6-10-18/h4-6,9-10,12-13,15,17,20H,3,7-8,11,14,16H2,1-2H3. The highest BCUT2D eigenvalue weighted by Crippen LogP contribution is 2.30. The lowest BCUT2D eigenvalue weighted by atomic mass is 10.00. The molecular formula is C23H28BrN3. The molecule has 4 heteroatoms. The van der Waals surface area contributed by atoms with Crippen LogP contribution >= 0.6 is 15.9 Å². The average Bonchev–Trinajstić information content (AvgIpc) is 3.05. The van der Waals surface area contributed by atoms with Crippen LogP contribution in [0.3, 0.4) is 0 Å². The first kappa shape index (κ1) is 18.7. The van der Waals surface area contributed by atoms with Gasteiger partial charge < -0.3 is 4.57 Å². The third-order valence-electron chi connectivity index (χ3n) is 5.96. The van der Waals surface area contributed by atoms with Gasteiger partial charge in [0.1, 0.15) is 5.82 Å². The van der Waals surface area contributed by atoms with E-state index in [0.717, 1.165) is 16.5 Å². The third-order valence-corrected chi connectivity index (χ3v) is 6.45. The summed E-state index contributed by atoms with van der Waals surface area (Å²) in [6, 6.07) is 18.1. The molecule has 3 nitrogen and oxygen atoms in total. The second-order valence-electron chi connectivity index (χ2n) is 7.65. The van der Waals surface area contributed by atoms with Crippen molar-refractivity contribution in [2.45, 2.75) is 58.2 Å². The lowest BCUT2D eigenvalue weighted by Crippen LogP contribution is -2.39. The number of aromatic nitrogens is 2. The van der Waals surface area contributed by atoms with Gasteiger partial charge in [-0.25, -0.2) is 4.98 Å². The van der Waals surface area contributed by atoms with E-state index in [1.165, 1.54) is 49.1 Å². The Balaban J connectivity index is 1.77. The fourth-order valence-electron chi connectivity index (χ4n) is 4.45. The highest BCUT2D eigenvalue weighted by atomic mass is 79.9. The molecule has 0 amide bonds. The van der Waals surface area contributed by atoms with Crippen LogP contribution in [0.4, 0.5) is 0 Å². The van der Waals surface area contributed by atoms with Gasteiger partial charge in [0.15, 0.2) is 0 Å². The zero-order valence-corrected chi connectivity index (χ0v) is 17.8. The minimum absolute atomic E-state index is 0.255. The first-order valence-corrected chi connectivity index (χ1v) is 10.9. The van der Waals surface area contributed by atoms with E-state index >= 15 is 0 Å². The van der Waals surface area contributed by atoms with Gasteiger partial charge in [0.05, 0.1) is 23.6 Å². The molecule has 1 aromatic heterocycles. The number of fused-ring (bicyclic) bond motifs is 1. The van der Waals surface area contributed by atoms with Crippen molar-refractivity contribution in [1.29, 1.82) is 0 Å². The molecule has 0 N–H and O–H groups in total. The van der Waals surface area contributed by atoms with Crippen LogP contribution in [0.5, 0.6) is 0 Å². The minimum Gasteiger partial charge on any atom is -0.320 e. The number of hydrogen-bond acceptors (Lipinski definition) is 2. The van der Waals surface area contributed by atoms with Crippen molar-refractivity contribution in [1.82, 2.24) is 14.5 Å². The van der Waals surface area contributed by atoms with Crippen LogP contribution in [-0.2, 0) is 6.54 Å². The van der Waals surface area contributed by atoms with Crippen molar-refractivity contribution in [3.8, 4) is 0 Å². The molecule has 142 valence electrons. The van der Waals surface area contributed by atoms with E-state index in [2.05, 4.69) is 87.8 Å². The SMILES string of the molecule is CCC1CCCCN1Cc1nc2ccc(Br)cc2n1C(C)c1ccccc1. The van der Waals surface area contributed by atoms with Crippen LogP contribution in [0.2, 0.25) is 0 Å². The summed E-state index contributed by atoms with van der Waals surface area (Å²) in [4.78, 5) is 7.71. The lowest BCUT2D eigenvalue weighted by Gasteiger charge is -2.35. The molecule has 1 aliphatic rings. The number of piperidine rings is 1. The van der Waals surface area contributed by atoms with E-state index in [4.69, 9.17) is 4.98 Å². The van der Waals surface area contributed by atoms with Gasteiger partial charge in [0.25, 0.3) is 0 Å². The van der Waals surface area contributed by atoms with Gasteiger partial charge in [-0.1, -0.05) is 59.6 Å². The maximum absolute atomic E-state index is 5.06. The van der Waals surface area contributed by atoms with E-state index in [9.17, 15) is 0 Å². The average molecular weight is 426 g/mol. The number of imidazole rings is 1. The molecule has 0 radical (unpaired) electrons. The molecule has 1 aliphatic heterocycles. The topological polar surface area (TPSA) is 21.1 Å².